The van der Waals surface area contributed by atoms with Gasteiger partial charge in [-0.25, -0.2) is 5.01 Å². The number of rotatable bonds is 5. The van der Waals surface area contributed by atoms with Crippen molar-refractivity contribution in [1.82, 2.24) is 15.4 Å². The predicted octanol–water partition coefficient (Wildman–Crippen LogP) is 4.46. The quantitative estimate of drug-likeness (QED) is 0.539. The van der Waals surface area contributed by atoms with Crippen molar-refractivity contribution in [3.8, 4) is 17.2 Å². The second kappa shape index (κ2) is 10.9. The molecule has 1 aromatic heterocycles. The second-order valence-corrected chi connectivity index (χ2v) is 10.1. The van der Waals surface area contributed by atoms with Crippen LogP contribution in [-0.2, 0) is 10.2 Å². The Morgan fingerprint density at radius 3 is 2.35 bits per heavy atom. The summed E-state index contributed by atoms with van der Waals surface area (Å²) in [5.41, 5.74) is 8.10. The highest BCUT2D eigenvalue weighted by atomic mass is 16.5. The monoisotopic (exact) mass is 497 g/mol. The van der Waals surface area contributed by atoms with Gasteiger partial charge in [0.25, 0.3) is 11.8 Å². The molecule has 2 heterocycles. The van der Waals surface area contributed by atoms with Gasteiger partial charge in [-0.05, 0) is 59.9 Å². The number of hydrazine groups is 1. The van der Waals surface area contributed by atoms with Crippen molar-refractivity contribution in [2.75, 3.05) is 31.6 Å². The molecule has 2 amide bonds. The van der Waals surface area contributed by atoms with Gasteiger partial charge < -0.3 is 10.1 Å². The highest BCUT2D eigenvalue weighted by Crippen LogP contribution is 2.27. The molecule has 1 fully saturated rings. The molecule has 4 rings (SSSR count). The molecule has 1 aliphatic heterocycles. The number of hydrogen-bond donors (Lipinski definition) is 2. The minimum atomic E-state index is -0.311. The third kappa shape index (κ3) is 6.39. The van der Waals surface area contributed by atoms with Crippen LogP contribution in [0, 0.1) is 18.3 Å². The van der Waals surface area contributed by atoms with E-state index in [1.54, 1.807) is 24.4 Å². The fourth-order valence-corrected chi connectivity index (χ4v) is 4.04. The van der Waals surface area contributed by atoms with Crippen LogP contribution < -0.4 is 10.7 Å². The number of carbonyl (C=O) groups excluding carboxylic acids is 2. The number of benzene rings is 2. The smallest absolute Gasteiger partial charge is 0.265 e. The third-order valence-corrected chi connectivity index (χ3v) is 6.26. The molecule has 0 spiro atoms. The Kier molecular flexibility index (Phi) is 7.67. The number of ether oxygens (including phenoxy) is 1. The lowest BCUT2D eigenvalue weighted by atomic mass is 9.85. The Balaban J connectivity index is 1.52. The number of aryl methyl sites for hydroxylation is 1. The van der Waals surface area contributed by atoms with E-state index in [1.165, 1.54) is 0 Å². The maximum Gasteiger partial charge on any atom is 0.265 e. The van der Waals surface area contributed by atoms with Gasteiger partial charge in [0, 0.05) is 35.5 Å². The lowest BCUT2D eigenvalue weighted by molar-refractivity contribution is 0.0126. The molecule has 0 bridgehead atoms. The topological polar surface area (TPSA) is 107 Å². The van der Waals surface area contributed by atoms with Gasteiger partial charge in [0.2, 0.25) is 0 Å². The average Bonchev–Trinajstić information content (AvgIpc) is 2.89. The summed E-state index contributed by atoms with van der Waals surface area (Å²) < 4.78 is 5.31. The first-order valence-electron chi connectivity index (χ1n) is 12.2. The summed E-state index contributed by atoms with van der Waals surface area (Å²) in [5, 5.41) is 14.2. The summed E-state index contributed by atoms with van der Waals surface area (Å²) in [5.74, 6) is -0.479. The lowest BCUT2D eigenvalue weighted by Gasteiger charge is -2.26. The molecule has 0 saturated carbocycles. The van der Waals surface area contributed by atoms with E-state index >= 15 is 0 Å². The normalized spacial score (nSPS) is 14.0. The van der Waals surface area contributed by atoms with Crippen molar-refractivity contribution < 1.29 is 14.3 Å². The Labute approximate surface area is 217 Å². The molecule has 0 aliphatic carbocycles. The van der Waals surface area contributed by atoms with Crippen molar-refractivity contribution in [2.24, 2.45) is 0 Å². The number of amides is 2. The second-order valence-electron chi connectivity index (χ2n) is 10.1. The predicted molar refractivity (Wildman–Crippen MR) is 142 cm³/mol. The van der Waals surface area contributed by atoms with Crippen LogP contribution in [0.25, 0.3) is 11.1 Å². The van der Waals surface area contributed by atoms with E-state index < -0.39 is 0 Å². The highest BCUT2D eigenvalue weighted by Gasteiger charge is 2.19. The van der Waals surface area contributed by atoms with Crippen LogP contribution in [0.3, 0.4) is 0 Å². The first-order valence-corrected chi connectivity index (χ1v) is 12.2. The van der Waals surface area contributed by atoms with Crippen LogP contribution in [0.5, 0.6) is 0 Å². The van der Waals surface area contributed by atoms with E-state index in [2.05, 4.69) is 21.8 Å². The van der Waals surface area contributed by atoms with Crippen molar-refractivity contribution in [3.05, 3.63) is 82.7 Å². The van der Waals surface area contributed by atoms with E-state index in [-0.39, 0.29) is 17.2 Å². The maximum atomic E-state index is 13.1. The van der Waals surface area contributed by atoms with Crippen molar-refractivity contribution in [1.29, 1.82) is 5.26 Å². The van der Waals surface area contributed by atoms with E-state index in [0.29, 0.717) is 48.7 Å². The van der Waals surface area contributed by atoms with Gasteiger partial charge in [0.15, 0.2) is 0 Å². The number of carbonyl (C=O) groups is 2. The van der Waals surface area contributed by atoms with E-state index in [0.717, 1.165) is 22.4 Å². The zero-order chi connectivity index (χ0) is 26.6. The summed E-state index contributed by atoms with van der Waals surface area (Å²) in [7, 11) is 0. The largest absolute Gasteiger partial charge is 0.379 e. The fourth-order valence-electron chi connectivity index (χ4n) is 4.04. The molecule has 1 saturated heterocycles. The zero-order valence-corrected chi connectivity index (χ0v) is 21.6. The summed E-state index contributed by atoms with van der Waals surface area (Å²) in [4.78, 5) is 30.1. The number of aromatic nitrogens is 1. The van der Waals surface area contributed by atoms with Gasteiger partial charge in [-0.1, -0.05) is 32.9 Å². The van der Waals surface area contributed by atoms with E-state index in [4.69, 9.17) is 4.74 Å². The molecular weight excluding hydrogens is 466 g/mol. The number of hydrogen-bond acceptors (Lipinski definition) is 6. The van der Waals surface area contributed by atoms with Gasteiger partial charge in [0.1, 0.15) is 0 Å². The van der Waals surface area contributed by atoms with Crippen LogP contribution in [0.15, 0.2) is 54.7 Å². The van der Waals surface area contributed by atoms with E-state index in [1.807, 2.05) is 63.0 Å². The highest BCUT2D eigenvalue weighted by molar-refractivity contribution is 6.05. The molecule has 1 aliphatic rings. The number of pyridine rings is 1. The average molecular weight is 498 g/mol. The molecule has 8 nitrogen and oxygen atoms in total. The van der Waals surface area contributed by atoms with Gasteiger partial charge in [0.05, 0.1) is 36.7 Å². The van der Waals surface area contributed by atoms with Crippen molar-refractivity contribution >= 4 is 17.5 Å². The molecule has 0 unspecified atom stereocenters. The summed E-state index contributed by atoms with van der Waals surface area (Å²) in [6.07, 6.45) is 1.61. The van der Waals surface area contributed by atoms with Gasteiger partial charge in [-0.2, -0.15) is 5.26 Å². The number of nitriles is 1. The molecule has 37 heavy (non-hydrogen) atoms. The summed E-state index contributed by atoms with van der Waals surface area (Å²) >= 11 is 0. The molecule has 8 heteroatoms. The molecule has 0 radical (unpaired) electrons. The summed E-state index contributed by atoms with van der Waals surface area (Å²) in [6, 6.07) is 16.5. The third-order valence-electron chi connectivity index (χ3n) is 6.26. The van der Waals surface area contributed by atoms with Gasteiger partial charge in [-0.15, -0.1) is 0 Å². The van der Waals surface area contributed by atoms with Gasteiger partial charge in [-0.3, -0.25) is 20.0 Å². The molecule has 2 aromatic carbocycles. The first kappa shape index (κ1) is 26.0. The number of nitrogens with zero attached hydrogens (tertiary/aromatic N) is 3. The number of anilines is 1. The fraction of sp³-hybridized carbons (Fsp3) is 0.310. The van der Waals surface area contributed by atoms with Gasteiger partial charge >= 0.3 is 0 Å². The Morgan fingerprint density at radius 1 is 1.00 bits per heavy atom. The SMILES string of the molecule is Cc1ncc(NC(=O)c2cc(C#N)cc(C(C)(C)C)c2)cc1-c1ccc(C(=O)NN2CCOCC2)cc1. The van der Waals surface area contributed by atoms with Crippen LogP contribution in [-0.4, -0.2) is 48.1 Å². The summed E-state index contributed by atoms with van der Waals surface area (Å²) in [6.45, 7) is 10.5. The molecule has 190 valence electrons. The Bertz CT molecular complexity index is 1350. The van der Waals surface area contributed by atoms with Crippen LogP contribution in [0.2, 0.25) is 0 Å². The molecule has 3 aromatic rings. The lowest BCUT2D eigenvalue weighted by Crippen LogP contribution is -2.48. The minimum Gasteiger partial charge on any atom is -0.379 e. The molecule has 2 N–H and O–H groups in total. The molecular formula is C29H31N5O3. The maximum absolute atomic E-state index is 13.1. The first-order chi connectivity index (χ1) is 17.6. The minimum absolute atomic E-state index is 0.168. The van der Waals surface area contributed by atoms with Crippen LogP contribution in [0.4, 0.5) is 5.69 Å². The van der Waals surface area contributed by atoms with E-state index in [9.17, 15) is 14.9 Å². The number of nitrogens with one attached hydrogen (secondary N) is 2. The number of morpholine rings is 1. The van der Waals surface area contributed by atoms with Crippen LogP contribution >= 0.6 is 0 Å². The molecule has 0 atom stereocenters. The van der Waals surface area contributed by atoms with Crippen molar-refractivity contribution in [2.45, 2.75) is 33.1 Å². The zero-order valence-electron chi connectivity index (χ0n) is 21.6. The van der Waals surface area contributed by atoms with Crippen molar-refractivity contribution in [3.63, 3.8) is 0 Å². The Morgan fingerprint density at radius 2 is 1.70 bits per heavy atom. The Hall–Kier alpha value is -4.06. The van der Waals surface area contributed by atoms with Crippen LogP contribution in [0.1, 0.15) is 58.3 Å². The standard InChI is InChI=1S/C29H31N5O3/c1-19-26(21-5-7-22(8-6-21)28(36)33-34-9-11-37-12-10-34)16-25(18-31-19)32-27(35)23-13-20(17-30)14-24(15-23)29(2,3)4/h5-8,13-16,18H,9-12H2,1-4H3,(H,32,35)(H,33,36).